The first-order valence-corrected chi connectivity index (χ1v) is 7.43. The van der Waals surface area contributed by atoms with Crippen molar-refractivity contribution in [3.05, 3.63) is 0 Å². The maximum Gasteiger partial charge on any atom is 0.312 e. The zero-order valence-electron chi connectivity index (χ0n) is 12.1. The molecule has 3 heterocycles. The quantitative estimate of drug-likeness (QED) is 0.639. The van der Waals surface area contributed by atoms with E-state index in [0.717, 1.165) is 12.8 Å². The van der Waals surface area contributed by atoms with Gasteiger partial charge in [0.15, 0.2) is 6.29 Å². The van der Waals surface area contributed by atoms with Gasteiger partial charge in [-0.05, 0) is 30.1 Å². The van der Waals surface area contributed by atoms with Crippen LogP contribution in [-0.2, 0) is 14.3 Å². The van der Waals surface area contributed by atoms with Crippen LogP contribution in [0.2, 0.25) is 0 Å². The number of ether oxygens (including phenoxy) is 2. The second-order valence-corrected chi connectivity index (χ2v) is 8.15. The van der Waals surface area contributed by atoms with Gasteiger partial charge in [0.25, 0.3) is 0 Å². The van der Waals surface area contributed by atoms with Crippen molar-refractivity contribution in [3.63, 3.8) is 0 Å². The molecular formula is C15H22O5. The largest absolute Gasteiger partial charge is 0.462 e. The molecule has 0 spiro atoms. The molecule has 112 valence electrons. The van der Waals surface area contributed by atoms with Gasteiger partial charge in [0.1, 0.15) is 18.1 Å². The van der Waals surface area contributed by atoms with Crippen LogP contribution in [0.25, 0.3) is 0 Å². The van der Waals surface area contributed by atoms with Gasteiger partial charge in [-0.2, -0.15) is 0 Å². The molecule has 0 radical (unpaired) electrons. The van der Waals surface area contributed by atoms with Crippen molar-refractivity contribution < 1.29 is 24.5 Å². The van der Waals surface area contributed by atoms with Crippen LogP contribution in [0, 0.1) is 28.6 Å². The Hall–Kier alpha value is -0.650. The number of rotatable bonds is 0. The SMILES string of the molecule is CC1(C)CC2C3OC(O)C(C)(C2C1)C1C(=O)OCC31O. The number of cyclic esters (lactones) is 1. The fourth-order valence-electron chi connectivity index (χ4n) is 5.62. The highest BCUT2D eigenvalue weighted by atomic mass is 16.6. The average molecular weight is 282 g/mol. The Morgan fingerprint density at radius 1 is 1.25 bits per heavy atom. The average Bonchev–Trinajstić information content (AvgIpc) is 2.82. The van der Waals surface area contributed by atoms with Gasteiger partial charge >= 0.3 is 5.97 Å². The van der Waals surface area contributed by atoms with E-state index in [-0.39, 0.29) is 29.8 Å². The molecule has 5 heteroatoms. The summed E-state index contributed by atoms with van der Waals surface area (Å²) in [5, 5.41) is 21.4. The predicted octanol–water partition coefficient (Wildman–Crippen LogP) is 0.680. The summed E-state index contributed by atoms with van der Waals surface area (Å²) in [6.07, 6.45) is 0.403. The highest BCUT2D eigenvalue weighted by molar-refractivity contribution is 5.78. The van der Waals surface area contributed by atoms with Crippen LogP contribution >= 0.6 is 0 Å². The lowest BCUT2D eigenvalue weighted by molar-refractivity contribution is -0.365. The highest BCUT2D eigenvalue weighted by Crippen LogP contribution is 2.68. The Morgan fingerprint density at radius 2 is 1.95 bits per heavy atom. The summed E-state index contributed by atoms with van der Waals surface area (Å²) in [5.74, 6) is -0.666. The second kappa shape index (κ2) is 3.39. The lowest BCUT2D eigenvalue weighted by Gasteiger charge is -2.62. The fraction of sp³-hybridized carbons (Fsp3) is 0.933. The molecule has 2 bridgehead atoms. The van der Waals surface area contributed by atoms with Crippen LogP contribution in [0.5, 0.6) is 0 Å². The van der Waals surface area contributed by atoms with Crippen molar-refractivity contribution >= 4 is 5.97 Å². The predicted molar refractivity (Wildman–Crippen MR) is 68.4 cm³/mol. The number of carbonyl (C=O) groups excluding carboxylic acids is 1. The summed E-state index contributed by atoms with van der Waals surface area (Å²) < 4.78 is 10.9. The number of hydrogen-bond acceptors (Lipinski definition) is 5. The molecule has 2 saturated carbocycles. The van der Waals surface area contributed by atoms with Gasteiger partial charge in [0.05, 0.1) is 6.10 Å². The summed E-state index contributed by atoms with van der Waals surface area (Å²) >= 11 is 0. The molecular weight excluding hydrogens is 260 g/mol. The third-order valence-electron chi connectivity index (χ3n) is 6.37. The summed E-state index contributed by atoms with van der Waals surface area (Å²) in [4.78, 5) is 12.2. The molecule has 5 nitrogen and oxygen atoms in total. The number of aliphatic hydroxyl groups excluding tert-OH is 1. The van der Waals surface area contributed by atoms with Crippen molar-refractivity contribution in [1.29, 1.82) is 0 Å². The molecule has 7 atom stereocenters. The Bertz CT molecular complexity index is 487. The van der Waals surface area contributed by atoms with Crippen molar-refractivity contribution in [2.45, 2.75) is 51.6 Å². The van der Waals surface area contributed by atoms with Gasteiger partial charge in [-0.1, -0.05) is 20.8 Å². The van der Waals surface area contributed by atoms with Crippen LogP contribution in [-0.4, -0.2) is 40.8 Å². The lowest BCUT2D eigenvalue weighted by Crippen LogP contribution is -2.74. The van der Waals surface area contributed by atoms with Crippen LogP contribution in [0.3, 0.4) is 0 Å². The van der Waals surface area contributed by atoms with Crippen LogP contribution < -0.4 is 0 Å². The fourth-order valence-corrected chi connectivity index (χ4v) is 5.62. The monoisotopic (exact) mass is 282 g/mol. The lowest BCUT2D eigenvalue weighted by atomic mass is 9.50. The zero-order valence-corrected chi connectivity index (χ0v) is 12.1. The summed E-state index contributed by atoms with van der Waals surface area (Å²) in [7, 11) is 0. The first-order valence-electron chi connectivity index (χ1n) is 7.43. The van der Waals surface area contributed by atoms with Crippen molar-refractivity contribution in [3.8, 4) is 0 Å². The molecule has 5 aliphatic rings. The van der Waals surface area contributed by atoms with E-state index in [1.54, 1.807) is 0 Å². The summed E-state index contributed by atoms with van der Waals surface area (Å²) in [5.41, 5.74) is -1.87. The van der Waals surface area contributed by atoms with E-state index in [1.807, 2.05) is 6.92 Å². The number of fused-ring (bicyclic) bond motifs is 1. The summed E-state index contributed by atoms with van der Waals surface area (Å²) in [6.45, 7) is 6.29. The molecule has 5 fully saturated rings. The Labute approximate surface area is 118 Å². The molecule has 3 aliphatic heterocycles. The molecule has 0 aromatic carbocycles. The summed E-state index contributed by atoms with van der Waals surface area (Å²) in [6, 6.07) is 0. The van der Waals surface area contributed by atoms with Gasteiger partial charge in [0, 0.05) is 5.41 Å². The molecule has 7 unspecified atom stereocenters. The molecule has 0 amide bonds. The first kappa shape index (κ1) is 13.0. The number of esters is 1. The molecule has 0 aromatic rings. The van der Waals surface area contributed by atoms with Crippen molar-refractivity contribution in [2.75, 3.05) is 6.61 Å². The van der Waals surface area contributed by atoms with Crippen molar-refractivity contribution in [2.24, 2.45) is 28.6 Å². The van der Waals surface area contributed by atoms with Gasteiger partial charge < -0.3 is 19.7 Å². The maximum absolute atomic E-state index is 12.2. The number of aliphatic hydroxyl groups is 2. The second-order valence-electron chi connectivity index (χ2n) is 8.15. The molecule has 5 rings (SSSR count). The van der Waals surface area contributed by atoms with Gasteiger partial charge in [-0.15, -0.1) is 0 Å². The van der Waals surface area contributed by atoms with E-state index in [1.165, 1.54) is 0 Å². The van der Waals surface area contributed by atoms with E-state index in [4.69, 9.17) is 9.47 Å². The Balaban J connectivity index is 1.87. The van der Waals surface area contributed by atoms with Crippen LogP contribution in [0.15, 0.2) is 0 Å². The molecule has 2 aliphatic carbocycles. The molecule has 0 aromatic heterocycles. The van der Waals surface area contributed by atoms with E-state index in [9.17, 15) is 15.0 Å². The van der Waals surface area contributed by atoms with Gasteiger partial charge in [-0.25, -0.2) is 0 Å². The van der Waals surface area contributed by atoms with E-state index in [0.29, 0.717) is 0 Å². The van der Waals surface area contributed by atoms with Crippen LogP contribution in [0.4, 0.5) is 0 Å². The third-order valence-corrected chi connectivity index (χ3v) is 6.37. The minimum atomic E-state index is -1.27. The van der Waals surface area contributed by atoms with Gasteiger partial charge in [0.2, 0.25) is 0 Å². The minimum absolute atomic E-state index is 0.00682. The molecule has 20 heavy (non-hydrogen) atoms. The smallest absolute Gasteiger partial charge is 0.312 e. The first-order chi connectivity index (χ1) is 9.20. The van der Waals surface area contributed by atoms with Crippen LogP contribution in [0.1, 0.15) is 33.6 Å². The van der Waals surface area contributed by atoms with E-state index < -0.39 is 29.3 Å². The topological polar surface area (TPSA) is 76.0 Å². The highest BCUT2D eigenvalue weighted by Gasteiger charge is 2.77. The van der Waals surface area contributed by atoms with Gasteiger partial charge in [-0.3, -0.25) is 4.79 Å². The third kappa shape index (κ3) is 1.23. The Kier molecular flexibility index (Phi) is 2.21. The van der Waals surface area contributed by atoms with E-state index >= 15 is 0 Å². The number of hydrogen-bond donors (Lipinski definition) is 2. The Morgan fingerprint density at radius 3 is 2.65 bits per heavy atom. The zero-order chi connectivity index (χ0) is 14.5. The molecule has 2 N–H and O–H groups in total. The maximum atomic E-state index is 12.2. The normalized spacial score (nSPS) is 59.2. The standard InChI is InChI=1S/C15H22O5/c1-13(2)4-7-8(5-13)14(3)9-11(16)19-6-15(9,18)10(7)20-12(14)17/h7-10,12,17-18H,4-6H2,1-3H3. The molecule has 3 saturated heterocycles. The number of carbonyl (C=O) groups is 1. The van der Waals surface area contributed by atoms with Crippen molar-refractivity contribution in [1.82, 2.24) is 0 Å². The van der Waals surface area contributed by atoms with E-state index in [2.05, 4.69) is 13.8 Å². The minimum Gasteiger partial charge on any atom is -0.462 e.